The quantitative estimate of drug-likeness (QED) is 0.828. The van der Waals surface area contributed by atoms with E-state index in [-0.39, 0.29) is 11.5 Å². The van der Waals surface area contributed by atoms with Gasteiger partial charge < -0.3 is 4.90 Å². The van der Waals surface area contributed by atoms with E-state index in [2.05, 4.69) is 0 Å². The number of hydrogen-bond acceptors (Lipinski definition) is 1. The number of carbonyl (C=O) groups excluding carboxylic acids is 1. The summed E-state index contributed by atoms with van der Waals surface area (Å²) in [4.78, 5) is 14.0. The molecule has 0 unspecified atom stereocenters. The number of benzene rings is 2. The molecule has 0 spiro atoms. The molecular formula is C17H18FNO. The van der Waals surface area contributed by atoms with Crippen LogP contribution < -0.4 is 0 Å². The summed E-state index contributed by atoms with van der Waals surface area (Å²) >= 11 is 0. The third kappa shape index (κ3) is 3.23. The second kappa shape index (κ2) is 6.33. The van der Waals surface area contributed by atoms with E-state index in [1.54, 1.807) is 24.0 Å². The fraction of sp³-hybridized carbons (Fsp3) is 0.235. The van der Waals surface area contributed by atoms with Crippen molar-refractivity contribution in [1.29, 1.82) is 0 Å². The van der Waals surface area contributed by atoms with Crippen LogP contribution in [0.5, 0.6) is 0 Å². The molecule has 2 aromatic rings. The largest absolute Gasteiger partial charge is 0.335 e. The molecule has 0 N–H and O–H groups in total. The molecule has 0 aliphatic carbocycles. The highest BCUT2D eigenvalue weighted by Crippen LogP contribution is 2.14. The van der Waals surface area contributed by atoms with Gasteiger partial charge in [-0.25, -0.2) is 4.39 Å². The van der Waals surface area contributed by atoms with Gasteiger partial charge in [-0.15, -0.1) is 0 Å². The molecule has 0 fully saturated rings. The third-order valence-corrected chi connectivity index (χ3v) is 3.24. The fourth-order valence-corrected chi connectivity index (χ4v) is 2.09. The molecule has 0 aliphatic heterocycles. The van der Waals surface area contributed by atoms with Gasteiger partial charge in [0.05, 0.1) is 5.56 Å². The molecule has 0 aromatic heterocycles. The van der Waals surface area contributed by atoms with Crippen molar-refractivity contribution in [1.82, 2.24) is 4.90 Å². The second-order valence-electron chi connectivity index (χ2n) is 4.79. The molecule has 104 valence electrons. The van der Waals surface area contributed by atoms with E-state index in [0.717, 1.165) is 11.1 Å². The first kappa shape index (κ1) is 14.3. The zero-order valence-corrected chi connectivity index (χ0v) is 11.8. The van der Waals surface area contributed by atoms with Crippen LogP contribution >= 0.6 is 0 Å². The number of rotatable bonds is 4. The van der Waals surface area contributed by atoms with Crippen molar-refractivity contribution in [3.63, 3.8) is 0 Å². The molecule has 2 rings (SSSR count). The van der Waals surface area contributed by atoms with Crippen LogP contribution in [0.25, 0.3) is 0 Å². The first-order chi connectivity index (χ1) is 9.61. The lowest BCUT2D eigenvalue weighted by atomic mass is 10.1. The smallest absolute Gasteiger partial charge is 0.257 e. The number of nitrogens with zero attached hydrogens (tertiary/aromatic N) is 1. The normalized spacial score (nSPS) is 10.3. The average molecular weight is 271 g/mol. The molecule has 0 bridgehead atoms. The maximum Gasteiger partial charge on any atom is 0.257 e. The lowest BCUT2D eigenvalue weighted by Gasteiger charge is -2.21. The maximum absolute atomic E-state index is 13.9. The number of halogens is 1. The van der Waals surface area contributed by atoms with Crippen LogP contribution in [0.3, 0.4) is 0 Å². The molecule has 0 radical (unpaired) electrons. The Morgan fingerprint density at radius 2 is 1.85 bits per heavy atom. The highest BCUT2D eigenvalue weighted by atomic mass is 19.1. The lowest BCUT2D eigenvalue weighted by Crippen LogP contribution is -2.31. The summed E-state index contributed by atoms with van der Waals surface area (Å²) in [6.07, 6.45) is 0. The Morgan fingerprint density at radius 3 is 2.45 bits per heavy atom. The van der Waals surface area contributed by atoms with Crippen LogP contribution in [0, 0.1) is 12.7 Å². The molecule has 1 amide bonds. The Balaban J connectivity index is 2.21. The van der Waals surface area contributed by atoms with Crippen LogP contribution in [0.1, 0.15) is 28.4 Å². The summed E-state index contributed by atoms with van der Waals surface area (Å²) in [5.41, 5.74) is 1.98. The van der Waals surface area contributed by atoms with Crippen molar-refractivity contribution in [3.8, 4) is 0 Å². The molecule has 0 aliphatic rings. The Morgan fingerprint density at radius 1 is 1.15 bits per heavy atom. The number of aryl methyl sites for hydroxylation is 1. The molecule has 0 atom stereocenters. The minimum absolute atomic E-state index is 0.133. The van der Waals surface area contributed by atoms with Gasteiger partial charge in [-0.2, -0.15) is 0 Å². The van der Waals surface area contributed by atoms with Crippen LogP contribution in [0.15, 0.2) is 48.5 Å². The van der Waals surface area contributed by atoms with Crippen LogP contribution in [0.2, 0.25) is 0 Å². The van der Waals surface area contributed by atoms with Gasteiger partial charge in [0, 0.05) is 13.1 Å². The Kier molecular flexibility index (Phi) is 4.51. The van der Waals surface area contributed by atoms with E-state index in [1.165, 1.54) is 6.07 Å². The summed E-state index contributed by atoms with van der Waals surface area (Å²) < 4.78 is 13.9. The molecular weight excluding hydrogens is 253 g/mol. The first-order valence-electron chi connectivity index (χ1n) is 6.71. The molecule has 0 saturated heterocycles. The highest BCUT2D eigenvalue weighted by molar-refractivity contribution is 5.94. The second-order valence-corrected chi connectivity index (χ2v) is 4.79. The van der Waals surface area contributed by atoms with Crippen molar-refractivity contribution in [2.45, 2.75) is 20.4 Å². The monoisotopic (exact) mass is 271 g/mol. The minimum Gasteiger partial charge on any atom is -0.335 e. The average Bonchev–Trinajstić information content (AvgIpc) is 2.45. The van der Waals surface area contributed by atoms with Gasteiger partial charge in [0.1, 0.15) is 5.82 Å². The van der Waals surface area contributed by atoms with Gasteiger partial charge >= 0.3 is 0 Å². The Bertz CT molecular complexity index is 595. The van der Waals surface area contributed by atoms with Crippen LogP contribution in [-0.4, -0.2) is 17.4 Å². The summed E-state index contributed by atoms with van der Waals surface area (Å²) in [6, 6.07) is 14.4. The minimum atomic E-state index is -0.457. The molecule has 3 heteroatoms. The predicted octanol–water partition coefficient (Wildman–Crippen LogP) is 3.80. The topological polar surface area (TPSA) is 20.3 Å². The Hall–Kier alpha value is -2.16. The highest BCUT2D eigenvalue weighted by Gasteiger charge is 2.18. The predicted molar refractivity (Wildman–Crippen MR) is 78.0 cm³/mol. The van der Waals surface area contributed by atoms with E-state index in [9.17, 15) is 9.18 Å². The van der Waals surface area contributed by atoms with Gasteiger partial charge in [0.25, 0.3) is 5.91 Å². The number of amides is 1. The molecule has 0 heterocycles. The van der Waals surface area contributed by atoms with Crippen molar-refractivity contribution in [2.75, 3.05) is 6.54 Å². The van der Waals surface area contributed by atoms with Crippen molar-refractivity contribution >= 4 is 5.91 Å². The van der Waals surface area contributed by atoms with E-state index >= 15 is 0 Å². The first-order valence-corrected chi connectivity index (χ1v) is 6.71. The molecule has 20 heavy (non-hydrogen) atoms. The molecule has 2 aromatic carbocycles. The zero-order valence-electron chi connectivity index (χ0n) is 11.8. The van der Waals surface area contributed by atoms with Crippen molar-refractivity contribution in [3.05, 3.63) is 71.0 Å². The van der Waals surface area contributed by atoms with Crippen LogP contribution in [0.4, 0.5) is 4.39 Å². The lowest BCUT2D eigenvalue weighted by molar-refractivity contribution is 0.0748. The van der Waals surface area contributed by atoms with E-state index in [4.69, 9.17) is 0 Å². The standard InChI is InChI=1S/C17H18FNO/c1-3-19(12-14-7-5-4-6-8-14)17(20)15-10-9-13(2)11-16(15)18/h4-11H,3,12H2,1-2H3. The van der Waals surface area contributed by atoms with Gasteiger partial charge in [-0.1, -0.05) is 36.4 Å². The summed E-state index contributed by atoms with van der Waals surface area (Å²) in [7, 11) is 0. The van der Waals surface area contributed by atoms with Crippen molar-refractivity contribution < 1.29 is 9.18 Å². The summed E-state index contributed by atoms with van der Waals surface area (Å²) in [5.74, 6) is -0.727. The summed E-state index contributed by atoms with van der Waals surface area (Å²) in [5, 5.41) is 0. The maximum atomic E-state index is 13.9. The molecule has 2 nitrogen and oxygen atoms in total. The van der Waals surface area contributed by atoms with E-state index < -0.39 is 5.82 Å². The number of hydrogen-bond donors (Lipinski definition) is 0. The Labute approximate surface area is 118 Å². The number of carbonyl (C=O) groups is 1. The van der Waals surface area contributed by atoms with Crippen LogP contribution in [-0.2, 0) is 6.54 Å². The van der Waals surface area contributed by atoms with Gasteiger partial charge in [0.15, 0.2) is 0 Å². The van der Waals surface area contributed by atoms with Gasteiger partial charge in [-0.3, -0.25) is 4.79 Å². The third-order valence-electron chi connectivity index (χ3n) is 3.24. The van der Waals surface area contributed by atoms with Crippen molar-refractivity contribution in [2.24, 2.45) is 0 Å². The SMILES string of the molecule is CCN(Cc1ccccc1)C(=O)c1ccc(C)cc1F. The zero-order chi connectivity index (χ0) is 14.5. The summed E-state index contributed by atoms with van der Waals surface area (Å²) in [6.45, 7) is 4.73. The fourth-order valence-electron chi connectivity index (χ4n) is 2.09. The van der Waals surface area contributed by atoms with Gasteiger partial charge in [0.2, 0.25) is 0 Å². The molecule has 0 saturated carbocycles. The van der Waals surface area contributed by atoms with E-state index in [0.29, 0.717) is 13.1 Å². The van der Waals surface area contributed by atoms with E-state index in [1.807, 2.05) is 37.3 Å². The van der Waals surface area contributed by atoms with Gasteiger partial charge in [-0.05, 0) is 37.1 Å².